The van der Waals surface area contributed by atoms with Gasteiger partial charge in [-0.1, -0.05) is 0 Å². The zero-order valence-electron chi connectivity index (χ0n) is 12.0. The van der Waals surface area contributed by atoms with Crippen LogP contribution in [-0.2, 0) is 4.74 Å². The molecule has 0 spiro atoms. The highest BCUT2D eigenvalue weighted by molar-refractivity contribution is 5.95. The van der Waals surface area contributed by atoms with Gasteiger partial charge in [-0.2, -0.15) is 0 Å². The van der Waals surface area contributed by atoms with Gasteiger partial charge in [0.15, 0.2) is 0 Å². The number of hydrogen-bond acceptors (Lipinski definition) is 4. The Morgan fingerprint density at radius 3 is 2.63 bits per heavy atom. The molecule has 1 amide bonds. The van der Waals surface area contributed by atoms with Crippen LogP contribution < -0.4 is 10.5 Å². The maximum atomic E-state index is 12.1. The van der Waals surface area contributed by atoms with Gasteiger partial charge in [-0.3, -0.25) is 4.79 Å². The first-order chi connectivity index (χ1) is 8.95. The zero-order chi connectivity index (χ0) is 14.4. The van der Waals surface area contributed by atoms with Gasteiger partial charge in [0.2, 0.25) is 0 Å². The van der Waals surface area contributed by atoms with Gasteiger partial charge in [-0.25, -0.2) is 0 Å². The SMILES string of the molecule is COc1ccc(C(=O)N(C)CCOC(C)C)cc1N. The van der Waals surface area contributed by atoms with Gasteiger partial charge in [0.1, 0.15) is 5.75 Å². The average molecular weight is 266 g/mol. The van der Waals surface area contributed by atoms with Crippen molar-refractivity contribution in [3.8, 4) is 5.75 Å². The topological polar surface area (TPSA) is 64.8 Å². The predicted octanol–water partition coefficient (Wildman–Crippen LogP) is 1.77. The molecule has 0 saturated heterocycles. The summed E-state index contributed by atoms with van der Waals surface area (Å²) in [5, 5.41) is 0. The molecule has 1 aromatic rings. The number of benzene rings is 1. The number of ether oxygens (including phenoxy) is 2. The van der Waals surface area contributed by atoms with E-state index in [1.54, 1.807) is 37.3 Å². The van der Waals surface area contributed by atoms with Crippen molar-refractivity contribution in [2.24, 2.45) is 0 Å². The van der Waals surface area contributed by atoms with E-state index in [1.807, 2.05) is 13.8 Å². The highest BCUT2D eigenvalue weighted by Gasteiger charge is 2.13. The summed E-state index contributed by atoms with van der Waals surface area (Å²) in [6, 6.07) is 5.03. The van der Waals surface area contributed by atoms with Crippen LogP contribution in [-0.4, -0.2) is 44.2 Å². The number of likely N-dealkylation sites (N-methyl/N-ethyl adjacent to an activating group) is 1. The fourth-order valence-corrected chi connectivity index (χ4v) is 1.61. The summed E-state index contributed by atoms with van der Waals surface area (Å²) in [5.41, 5.74) is 6.79. The van der Waals surface area contributed by atoms with E-state index in [1.165, 1.54) is 0 Å². The molecule has 0 atom stereocenters. The Hall–Kier alpha value is -1.75. The van der Waals surface area contributed by atoms with Crippen molar-refractivity contribution in [1.82, 2.24) is 4.90 Å². The van der Waals surface area contributed by atoms with E-state index in [4.69, 9.17) is 15.2 Å². The van der Waals surface area contributed by atoms with E-state index in [0.717, 1.165) is 0 Å². The molecule has 19 heavy (non-hydrogen) atoms. The molecule has 106 valence electrons. The Morgan fingerprint density at radius 2 is 2.11 bits per heavy atom. The van der Waals surface area contributed by atoms with Crippen molar-refractivity contribution < 1.29 is 14.3 Å². The third-order valence-corrected chi connectivity index (χ3v) is 2.70. The number of amides is 1. The van der Waals surface area contributed by atoms with Crippen LogP contribution in [0.3, 0.4) is 0 Å². The second-order valence-electron chi connectivity index (χ2n) is 4.60. The number of rotatable bonds is 6. The fraction of sp³-hybridized carbons (Fsp3) is 0.500. The monoisotopic (exact) mass is 266 g/mol. The Kier molecular flexibility index (Phi) is 5.63. The molecule has 5 heteroatoms. The van der Waals surface area contributed by atoms with E-state index in [9.17, 15) is 4.79 Å². The highest BCUT2D eigenvalue weighted by atomic mass is 16.5. The Labute approximate surface area is 114 Å². The second-order valence-corrected chi connectivity index (χ2v) is 4.60. The molecule has 0 aromatic heterocycles. The van der Waals surface area contributed by atoms with Crippen LogP contribution in [0, 0.1) is 0 Å². The minimum atomic E-state index is -0.0818. The van der Waals surface area contributed by atoms with Crippen LogP contribution in [0.15, 0.2) is 18.2 Å². The zero-order valence-corrected chi connectivity index (χ0v) is 12.0. The van der Waals surface area contributed by atoms with Crippen LogP contribution in [0.4, 0.5) is 5.69 Å². The molecule has 1 aromatic carbocycles. The summed E-state index contributed by atoms with van der Waals surface area (Å²) >= 11 is 0. The molecule has 0 heterocycles. The van der Waals surface area contributed by atoms with E-state index >= 15 is 0 Å². The molecular formula is C14H22N2O3. The van der Waals surface area contributed by atoms with Crippen molar-refractivity contribution in [3.63, 3.8) is 0 Å². The quantitative estimate of drug-likeness (QED) is 0.797. The minimum absolute atomic E-state index is 0.0818. The molecule has 0 aliphatic rings. The molecule has 5 nitrogen and oxygen atoms in total. The van der Waals surface area contributed by atoms with Gasteiger partial charge in [-0.05, 0) is 32.0 Å². The second kappa shape index (κ2) is 6.99. The Bertz CT molecular complexity index is 433. The summed E-state index contributed by atoms with van der Waals surface area (Å²) in [4.78, 5) is 13.8. The van der Waals surface area contributed by atoms with Crippen LogP contribution in [0.5, 0.6) is 5.75 Å². The van der Waals surface area contributed by atoms with Crippen LogP contribution in [0.1, 0.15) is 24.2 Å². The lowest BCUT2D eigenvalue weighted by Crippen LogP contribution is -2.30. The summed E-state index contributed by atoms with van der Waals surface area (Å²) in [6.45, 7) is 4.99. The average Bonchev–Trinajstić information content (AvgIpc) is 2.37. The molecule has 0 aliphatic carbocycles. The lowest BCUT2D eigenvalue weighted by atomic mass is 10.1. The maximum Gasteiger partial charge on any atom is 0.253 e. The minimum Gasteiger partial charge on any atom is -0.495 e. The Morgan fingerprint density at radius 1 is 1.42 bits per heavy atom. The maximum absolute atomic E-state index is 12.1. The number of methoxy groups -OCH3 is 1. The number of nitrogens with two attached hydrogens (primary N) is 1. The third-order valence-electron chi connectivity index (χ3n) is 2.70. The van der Waals surface area contributed by atoms with Gasteiger partial charge in [0.05, 0.1) is 25.5 Å². The standard InChI is InChI=1S/C14H22N2O3/c1-10(2)19-8-7-16(3)14(17)11-5-6-13(18-4)12(15)9-11/h5-6,9-10H,7-8,15H2,1-4H3. The summed E-state index contributed by atoms with van der Waals surface area (Å²) in [7, 11) is 3.29. The van der Waals surface area contributed by atoms with Crippen molar-refractivity contribution >= 4 is 11.6 Å². The third kappa shape index (κ3) is 4.44. The van der Waals surface area contributed by atoms with Crippen LogP contribution in [0.25, 0.3) is 0 Å². The molecule has 0 saturated carbocycles. The highest BCUT2D eigenvalue weighted by Crippen LogP contribution is 2.22. The Balaban J connectivity index is 2.64. The number of nitrogens with zero attached hydrogens (tertiary/aromatic N) is 1. The van der Waals surface area contributed by atoms with Gasteiger partial charge in [0.25, 0.3) is 5.91 Å². The van der Waals surface area contributed by atoms with Crippen molar-refractivity contribution in [2.75, 3.05) is 33.0 Å². The first-order valence-corrected chi connectivity index (χ1v) is 6.26. The van der Waals surface area contributed by atoms with Gasteiger partial charge in [0, 0.05) is 19.2 Å². The number of hydrogen-bond donors (Lipinski definition) is 1. The van der Waals surface area contributed by atoms with E-state index in [-0.39, 0.29) is 12.0 Å². The molecule has 2 N–H and O–H groups in total. The van der Waals surface area contributed by atoms with E-state index in [2.05, 4.69) is 0 Å². The molecule has 0 bridgehead atoms. The largest absolute Gasteiger partial charge is 0.495 e. The predicted molar refractivity (Wildman–Crippen MR) is 75.5 cm³/mol. The van der Waals surface area contributed by atoms with E-state index < -0.39 is 0 Å². The van der Waals surface area contributed by atoms with Crippen LogP contribution >= 0.6 is 0 Å². The number of carbonyl (C=O) groups is 1. The summed E-state index contributed by atoms with van der Waals surface area (Å²) < 4.78 is 10.5. The van der Waals surface area contributed by atoms with Gasteiger partial charge < -0.3 is 20.1 Å². The summed E-state index contributed by atoms with van der Waals surface area (Å²) in [6.07, 6.45) is 0.167. The smallest absolute Gasteiger partial charge is 0.253 e. The lowest BCUT2D eigenvalue weighted by molar-refractivity contribution is 0.0532. The van der Waals surface area contributed by atoms with Gasteiger partial charge >= 0.3 is 0 Å². The van der Waals surface area contributed by atoms with Crippen molar-refractivity contribution in [3.05, 3.63) is 23.8 Å². The molecule has 0 unspecified atom stereocenters. The number of carbonyl (C=O) groups excluding carboxylic acids is 1. The molecule has 1 rings (SSSR count). The van der Waals surface area contributed by atoms with Crippen molar-refractivity contribution in [1.29, 1.82) is 0 Å². The first-order valence-electron chi connectivity index (χ1n) is 6.26. The molecule has 0 radical (unpaired) electrons. The lowest BCUT2D eigenvalue weighted by Gasteiger charge is -2.18. The summed E-state index contributed by atoms with van der Waals surface area (Å²) in [5.74, 6) is 0.490. The molecular weight excluding hydrogens is 244 g/mol. The van der Waals surface area contributed by atoms with Crippen LogP contribution in [0.2, 0.25) is 0 Å². The first kappa shape index (κ1) is 15.3. The number of nitrogen functional groups attached to an aromatic ring is 1. The fourth-order valence-electron chi connectivity index (χ4n) is 1.61. The molecule has 0 fully saturated rings. The normalized spacial score (nSPS) is 10.6. The van der Waals surface area contributed by atoms with Crippen molar-refractivity contribution in [2.45, 2.75) is 20.0 Å². The molecule has 0 aliphatic heterocycles. The number of anilines is 1. The van der Waals surface area contributed by atoms with E-state index in [0.29, 0.717) is 30.2 Å². The van der Waals surface area contributed by atoms with Gasteiger partial charge in [-0.15, -0.1) is 0 Å².